The predicted molar refractivity (Wildman–Crippen MR) is 52.6 cm³/mol. The average molecular weight is 171 g/mol. The van der Waals surface area contributed by atoms with Crippen LogP contribution >= 0.6 is 0 Å². The van der Waals surface area contributed by atoms with Gasteiger partial charge in [-0.3, -0.25) is 5.11 Å². The Morgan fingerprint density at radius 2 is 2.00 bits per heavy atom. The first-order valence-electron chi connectivity index (χ1n) is 4.47. The second-order valence-corrected chi connectivity index (χ2v) is 3.22. The quantitative estimate of drug-likeness (QED) is 0.579. The monoisotopic (exact) mass is 171 g/mol. The van der Waals surface area contributed by atoms with Gasteiger partial charge in [0.25, 0.3) is 0 Å². The molecule has 0 bridgehead atoms. The molecule has 1 heteroatoms. The maximum atomic E-state index is 10.3. The molecule has 0 saturated carbocycles. The number of hydrogen-bond acceptors (Lipinski definition) is 0. The van der Waals surface area contributed by atoms with Gasteiger partial charge in [-0.1, -0.05) is 30.3 Å². The average Bonchev–Trinajstić information content (AvgIpc) is 2.18. The van der Waals surface area contributed by atoms with Crippen LogP contribution in [0.4, 0.5) is 0 Å². The molecule has 0 spiro atoms. The van der Waals surface area contributed by atoms with E-state index in [1.165, 1.54) is 11.1 Å². The van der Waals surface area contributed by atoms with Crippen LogP contribution < -0.4 is 0 Å². The van der Waals surface area contributed by atoms with Crippen LogP contribution in [0.5, 0.6) is 0 Å². The maximum Gasteiger partial charge on any atom is 0.143 e. The highest BCUT2D eigenvalue weighted by atomic mass is 16.2. The second-order valence-electron chi connectivity index (χ2n) is 3.22. The molecule has 1 aromatic rings. The molecular weight excluding hydrogens is 160 g/mol. The van der Waals surface area contributed by atoms with E-state index in [0.29, 0.717) is 0 Å². The van der Waals surface area contributed by atoms with E-state index in [4.69, 9.17) is 0 Å². The van der Waals surface area contributed by atoms with Crippen LogP contribution in [0.2, 0.25) is 0 Å². The van der Waals surface area contributed by atoms with E-state index >= 15 is 0 Å². The molecule has 0 unspecified atom stereocenters. The van der Waals surface area contributed by atoms with Crippen molar-refractivity contribution in [2.75, 3.05) is 0 Å². The Labute approximate surface area is 78.0 Å². The third-order valence-corrected chi connectivity index (χ3v) is 2.36. The van der Waals surface area contributed by atoms with Gasteiger partial charge in [-0.05, 0) is 35.6 Å². The summed E-state index contributed by atoms with van der Waals surface area (Å²) in [6, 6.07) is 8.32. The van der Waals surface area contributed by atoms with Crippen LogP contribution in [-0.2, 0) is 11.5 Å². The zero-order valence-electron chi connectivity index (χ0n) is 7.36. The lowest BCUT2D eigenvalue weighted by Gasteiger charge is -2.13. The minimum atomic E-state index is 0.861. The van der Waals surface area contributed by atoms with Gasteiger partial charge in [0.1, 0.15) is 6.26 Å². The van der Waals surface area contributed by atoms with Gasteiger partial charge in [0.05, 0.1) is 0 Å². The first kappa shape index (κ1) is 8.11. The van der Waals surface area contributed by atoms with Gasteiger partial charge in [-0.2, -0.15) is 0 Å². The SMILES string of the molecule is [O]C=CC1=Cc2ccccc2CC1. The van der Waals surface area contributed by atoms with E-state index in [-0.39, 0.29) is 0 Å². The molecule has 13 heavy (non-hydrogen) atoms. The van der Waals surface area contributed by atoms with Gasteiger partial charge in [0.2, 0.25) is 0 Å². The van der Waals surface area contributed by atoms with Crippen LogP contribution in [0.25, 0.3) is 6.08 Å². The third-order valence-electron chi connectivity index (χ3n) is 2.36. The molecule has 1 aromatic carbocycles. The molecule has 0 aliphatic heterocycles. The molecule has 0 heterocycles. The standard InChI is InChI=1S/C12H11O/c13-8-7-10-5-6-11-3-1-2-4-12(11)9-10/h1-4,7-9H,5-6H2. The van der Waals surface area contributed by atoms with Crippen LogP contribution in [0.15, 0.2) is 42.2 Å². The van der Waals surface area contributed by atoms with Crippen molar-refractivity contribution in [2.45, 2.75) is 12.8 Å². The molecule has 2 rings (SSSR count). The van der Waals surface area contributed by atoms with Crippen molar-refractivity contribution < 1.29 is 5.11 Å². The Balaban J connectivity index is 2.38. The van der Waals surface area contributed by atoms with Crippen molar-refractivity contribution in [1.82, 2.24) is 0 Å². The fourth-order valence-electron chi connectivity index (χ4n) is 1.67. The molecular formula is C12H11O. The van der Waals surface area contributed by atoms with Gasteiger partial charge in [0, 0.05) is 0 Å². The largest absolute Gasteiger partial charge is 0.299 e. The van der Waals surface area contributed by atoms with Gasteiger partial charge < -0.3 is 0 Å². The van der Waals surface area contributed by atoms with E-state index in [0.717, 1.165) is 24.7 Å². The van der Waals surface area contributed by atoms with Gasteiger partial charge in [-0.15, -0.1) is 0 Å². The van der Waals surface area contributed by atoms with Crippen molar-refractivity contribution >= 4 is 6.08 Å². The summed E-state index contributed by atoms with van der Waals surface area (Å²) in [6.07, 6.45) is 6.63. The second kappa shape index (κ2) is 3.48. The molecule has 0 fully saturated rings. The van der Waals surface area contributed by atoms with Crippen LogP contribution in [0, 0.1) is 0 Å². The lowest BCUT2D eigenvalue weighted by Crippen LogP contribution is -1.96. The van der Waals surface area contributed by atoms with Crippen molar-refractivity contribution in [2.24, 2.45) is 0 Å². The molecule has 1 nitrogen and oxygen atoms in total. The lowest BCUT2D eigenvalue weighted by atomic mass is 9.92. The molecule has 1 aliphatic rings. The molecule has 0 atom stereocenters. The fourth-order valence-corrected chi connectivity index (χ4v) is 1.67. The molecule has 0 N–H and O–H groups in total. The number of aryl methyl sites for hydroxylation is 1. The van der Waals surface area contributed by atoms with E-state index in [1.54, 1.807) is 6.08 Å². The van der Waals surface area contributed by atoms with Gasteiger partial charge >= 0.3 is 0 Å². The number of rotatable bonds is 1. The highest BCUT2D eigenvalue weighted by molar-refractivity contribution is 5.61. The van der Waals surface area contributed by atoms with Crippen molar-refractivity contribution in [3.05, 3.63) is 53.3 Å². The number of allylic oxidation sites excluding steroid dienone is 2. The maximum absolute atomic E-state index is 10.3. The Kier molecular flexibility index (Phi) is 2.17. The minimum absolute atomic E-state index is 0.861. The van der Waals surface area contributed by atoms with Crippen molar-refractivity contribution in [3.8, 4) is 0 Å². The Morgan fingerprint density at radius 3 is 2.85 bits per heavy atom. The normalized spacial score (nSPS) is 15.5. The van der Waals surface area contributed by atoms with Crippen molar-refractivity contribution in [1.29, 1.82) is 0 Å². The number of hydrogen-bond donors (Lipinski definition) is 0. The molecule has 1 aliphatic carbocycles. The zero-order chi connectivity index (χ0) is 9.10. The first-order chi connectivity index (χ1) is 6.40. The van der Waals surface area contributed by atoms with E-state index < -0.39 is 0 Å². The van der Waals surface area contributed by atoms with Crippen LogP contribution in [0.3, 0.4) is 0 Å². The number of benzene rings is 1. The molecule has 0 saturated heterocycles. The van der Waals surface area contributed by atoms with Crippen LogP contribution in [0.1, 0.15) is 17.5 Å². The molecule has 1 radical (unpaired) electrons. The van der Waals surface area contributed by atoms with E-state index in [9.17, 15) is 5.11 Å². The minimum Gasteiger partial charge on any atom is -0.299 e. The fraction of sp³-hybridized carbons (Fsp3) is 0.167. The lowest BCUT2D eigenvalue weighted by molar-refractivity contribution is 0.351. The molecule has 65 valence electrons. The van der Waals surface area contributed by atoms with Crippen molar-refractivity contribution in [3.63, 3.8) is 0 Å². The van der Waals surface area contributed by atoms with Gasteiger partial charge in [-0.25, -0.2) is 0 Å². The number of fused-ring (bicyclic) bond motifs is 1. The van der Waals surface area contributed by atoms with Gasteiger partial charge in [0.15, 0.2) is 0 Å². The highest BCUT2D eigenvalue weighted by Gasteiger charge is 2.06. The Morgan fingerprint density at radius 1 is 1.15 bits per heavy atom. The van der Waals surface area contributed by atoms with Crippen LogP contribution in [-0.4, -0.2) is 0 Å². The predicted octanol–water partition coefficient (Wildman–Crippen LogP) is 2.96. The zero-order valence-corrected chi connectivity index (χ0v) is 7.36. The smallest absolute Gasteiger partial charge is 0.143 e. The summed E-state index contributed by atoms with van der Waals surface area (Å²) in [7, 11) is 0. The summed E-state index contributed by atoms with van der Waals surface area (Å²) >= 11 is 0. The molecule has 0 amide bonds. The summed E-state index contributed by atoms with van der Waals surface area (Å²) in [5.74, 6) is 0. The molecule has 0 aromatic heterocycles. The summed E-state index contributed by atoms with van der Waals surface area (Å²) < 4.78 is 0. The summed E-state index contributed by atoms with van der Waals surface area (Å²) in [5.41, 5.74) is 3.76. The first-order valence-corrected chi connectivity index (χ1v) is 4.47. The highest BCUT2D eigenvalue weighted by Crippen LogP contribution is 2.23. The third kappa shape index (κ3) is 1.64. The summed E-state index contributed by atoms with van der Waals surface area (Å²) in [4.78, 5) is 0. The van der Waals surface area contributed by atoms with E-state index in [1.807, 2.05) is 6.07 Å². The Bertz CT molecular complexity index is 361. The summed E-state index contributed by atoms with van der Waals surface area (Å²) in [6.45, 7) is 0. The topological polar surface area (TPSA) is 19.9 Å². The Hall–Kier alpha value is -1.50. The van der Waals surface area contributed by atoms with E-state index in [2.05, 4.69) is 24.3 Å². The summed E-state index contributed by atoms with van der Waals surface area (Å²) in [5, 5.41) is 10.3.